The van der Waals surface area contributed by atoms with Gasteiger partial charge in [0.15, 0.2) is 0 Å². The Hall–Kier alpha value is -5.14. The van der Waals surface area contributed by atoms with Crippen LogP contribution in [0.3, 0.4) is 0 Å². The Bertz CT molecular complexity index is 1550. The SMILES string of the molecule is COC(=O)NCCN1C(=O)C(C)(C)Cc2ccc(C(=O)O)cc21.COC(=O)NCCN1C(=O)C(C)(C)Cc2ccc(C(=O)OC)cc21. The Morgan fingerprint density at radius 1 is 0.702 bits per heavy atom. The smallest absolute Gasteiger partial charge is 0.406 e. The molecule has 2 aliphatic rings. The van der Waals surface area contributed by atoms with Crippen LogP contribution in [0.5, 0.6) is 0 Å². The van der Waals surface area contributed by atoms with Crippen LogP contribution >= 0.6 is 0 Å². The second-order valence-corrected chi connectivity index (χ2v) is 12.4. The minimum Gasteiger partial charge on any atom is -0.478 e. The van der Waals surface area contributed by atoms with Crippen molar-refractivity contribution in [3.05, 3.63) is 58.7 Å². The molecule has 0 saturated carbocycles. The summed E-state index contributed by atoms with van der Waals surface area (Å²) in [6, 6.07) is 9.99. The van der Waals surface area contributed by atoms with Gasteiger partial charge >= 0.3 is 24.1 Å². The number of amides is 4. The first-order valence-electron chi connectivity index (χ1n) is 14.9. The molecule has 0 saturated heterocycles. The summed E-state index contributed by atoms with van der Waals surface area (Å²) in [5.41, 5.74) is 2.53. The molecule has 0 radical (unpaired) electrons. The van der Waals surface area contributed by atoms with Crippen LogP contribution in [0.25, 0.3) is 0 Å². The molecule has 0 spiro atoms. The number of aromatic carboxylic acids is 1. The fourth-order valence-electron chi connectivity index (χ4n) is 5.49. The molecule has 3 N–H and O–H groups in total. The van der Waals surface area contributed by atoms with Gasteiger partial charge in [-0.25, -0.2) is 19.2 Å². The highest BCUT2D eigenvalue weighted by Gasteiger charge is 2.40. The van der Waals surface area contributed by atoms with E-state index in [1.807, 2.05) is 33.8 Å². The molecule has 4 rings (SSSR count). The number of benzene rings is 2. The van der Waals surface area contributed by atoms with E-state index in [2.05, 4.69) is 20.1 Å². The number of carboxylic acid groups (broad SMARTS) is 1. The maximum atomic E-state index is 12.8. The van der Waals surface area contributed by atoms with Crippen molar-refractivity contribution >= 4 is 47.3 Å². The predicted octanol–water partition coefficient (Wildman–Crippen LogP) is 3.40. The van der Waals surface area contributed by atoms with E-state index in [4.69, 9.17) is 9.84 Å². The van der Waals surface area contributed by atoms with Gasteiger partial charge in [-0.2, -0.15) is 0 Å². The third-order valence-corrected chi connectivity index (χ3v) is 7.91. The lowest BCUT2D eigenvalue weighted by Gasteiger charge is -2.38. The minimum atomic E-state index is -1.04. The van der Waals surface area contributed by atoms with Crippen molar-refractivity contribution in [2.24, 2.45) is 10.8 Å². The number of carbonyl (C=O) groups excluding carboxylic acids is 5. The first-order chi connectivity index (χ1) is 22.1. The van der Waals surface area contributed by atoms with Crippen LogP contribution in [0, 0.1) is 10.8 Å². The van der Waals surface area contributed by atoms with Crippen LogP contribution in [0.4, 0.5) is 21.0 Å². The van der Waals surface area contributed by atoms with Crippen molar-refractivity contribution in [2.45, 2.75) is 40.5 Å². The maximum Gasteiger partial charge on any atom is 0.406 e. The summed E-state index contributed by atoms with van der Waals surface area (Å²) in [4.78, 5) is 73.8. The molecule has 14 nitrogen and oxygen atoms in total. The summed E-state index contributed by atoms with van der Waals surface area (Å²) < 4.78 is 13.8. The van der Waals surface area contributed by atoms with Crippen LogP contribution in [-0.2, 0) is 36.6 Å². The number of nitrogens with one attached hydrogen (secondary N) is 2. The predicted molar refractivity (Wildman–Crippen MR) is 172 cm³/mol. The second kappa shape index (κ2) is 15.0. The van der Waals surface area contributed by atoms with Crippen LogP contribution < -0.4 is 20.4 Å². The molecule has 4 amide bonds. The third kappa shape index (κ3) is 8.57. The number of fused-ring (bicyclic) bond motifs is 2. The summed E-state index contributed by atoms with van der Waals surface area (Å²) in [6.07, 6.45) is 0.00132. The summed E-state index contributed by atoms with van der Waals surface area (Å²) in [5, 5.41) is 14.2. The fraction of sp³-hybridized carbons (Fsp3) is 0.455. The third-order valence-electron chi connectivity index (χ3n) is 7.91. The maximum absolute atomic E-state index is 12.8. The largest absolute Gasteiger partial charge is 0.478 e. The molecular weight excluding hydrogens is 612 g/mol. The van der Waals surface area contributed by atoms with E-state index in [1.54, 1.807) is 23.1 Å². The van der Waals surface area contributed by atoms with Gasteiger partial charge in [-0.1, -0.05) is 39.8 Å². The Morgan fingerprint density at radius 2 is 1.11 bits per heavy atom. The fourth-order valence-corrected chi connectivity index (χ4v) is 5.49. The Labute approximate surface area is 273 Å². The highest BCUT2D eigenvalue weighted by atomic mass is 16.5. The van der Waals surface area contributed by atoms with Crippen molar-refractivity contribution in [3.8, 4) is 0 Å². The molecule has 14 heteroatoms. The summed E-state index contributed by atoms with van der Waals surface area (Å²) in [6.45, 7) is 8.46. The van der Waals surface area contributed by atoms with Gasteiger partial charge in [-0.15, -0.1) is 0 Å². The number of methoxy groups -OCH3 is 3. The molecule has 0 unspecified atom stereocenters. The first-order valence-corrected chi connectivity index (χ1v) is 14.9. The Morgan fingerprint density at radius 3 is 1.49 bits per heavy atom. The van der Waals surface area contributed by atoms with Gasteiger partial charge in [0, 0.05) is 48.4 Å². The van der Waals surface area contributed by atoms with Gasteiger partial charge in [0.2, 0.25) is 11.8 Å². The number of hydrogen-bond donors (Lipinski definition) is 3. The van der Waals surface area contributed by atoms with Crippen molar-refractivity contribution in [1.82, 2.24) is 10.6 Å². The molecule has 2 heterocycles. The van der Waals surface area contributed by atoms with E-state index in [-0.39, 0.29) is 43.6 Å². The Balaban J connectivity index is 0.000000256. The highest BCUT2D eigenvalue weighted by Crippen LogP contribution is 2.39. The lowest BCUT2D eigenvalue weighted by atomic mass is 9.80. The van der Waals surface area contributed by atoms with Gasteiger partial charge < -0.3 is 39.8 Å². The van der Waals surface area contributed by atoms with Gasteiger partial charge in [-0.05, 0) is 48.2 Å². The lowest BCUT2D eigenvalue weighted by molar-refractivity contribution is -0.127. The zero-order valence-electron chi connectivity index (χ0n) is 27.7. The van der Waals surface area contributed by atoms with Gasteiger partial charge in [0.1, 0.15) is 0 Å². The van der Waals surface area contributed by atoms with Gasteiger partial charge in [0.05, 0.1) is 32.5 Å². The average Bonchev–Trinajstić information content (AvgIpc) is 3.03. The van der Waals surface area contributed by atoms with Crippen molar-refractivity contribution < 1.29 is 48.1 Å². The van der Waals surface area contributed by atoms with Gasteiger partial charge in [0.25, 0.3) is 0 Å². The van der Waals surface area contributed by atoms with Crippen molar-refractivity contribution in [2.75, 3.05) is 57.3 Å². The number of carboxylic acids is 1. The van der Waals surface area contributed by atoms with E-state index in [1.165, 1.54) is 38.4 Å². The summed E-state index contributed by atoms with van der Waals surface area (Å²) in [7, 11) is 3.86. The zero-order valence-corrected chi connectivity index (χ0v) is 27.7. The lowest BCUT2D eigenvalue weighted by Crippen LogP contribution is -2.49. The number of anilines is 2. The van der Waals surface area contributed by atoms with E-state index in [9.17, 15) is 28.8 Å². The number of alkyl carbamates (subject to hydrolysis) is 2. The van der Waals surface area contributed by atoms with Crippen molar-refractivity contribution in [1.29, 1.82) is 0 Å². The number of esters is 1. The second-order valence-electron chi connectivity index (χ2n) is 12.4. The van der Waals surface area contributed by atoms with E-state index >= 15 is 0 Å². The average molecular weight is 655 g/mol. The number of hydrogen-bond acceptors (Lipinski definition) is 9. The highest BCUT2D eigenvalue weighted by molar-refractivity contribution is 6.02. The number of rotatable bonds is 8. The minimum absolute atomic E-state index is 0.0521. The van der Waals surface area contributed by atoms with Crippen LogP contribution in [0.15, 0.2) is 36.4 Å². The molecule has 2 aromatic rings. The number of carbonyl (C=O) groups is 6. The molecule has 2 aromatic carbocycles. The molecule has 0 fully saturated rings. The topological polar surface area (TPSA) is 181 Å². The molecule has 0 bridgehead atoms. The molecular formula is C33H42N4O10. The molecule has 47 heavy (non-hydrogen) atoms. The van der Waals surface area contributed by atoms with Gasteiger partial charge in [-0.3, -0.25) is 9.59 Å². The van der Waals surface area contributed by atoms with Crippen molar-refractivity contribution in [3.63, 3.8) is 0 Å². The normalized spacial score (nSPS) is 15.6. The molecule has 0 atom stereocenters. The quantitative estimate of drug-likeness (QED) is 0.282. The monoisotopic (exact) mass is 654 g/mol. The summed E-state index contributed by atoms with van der Waals surface area (Å²) >= 11 is 0. The van der Waals surface area contributed by atoms with E-state index in [0.29, 0.717) is 29.8 Å². The first kappa shape index (κ1) is 36.3. The number of ether oxygens (including phenoxy) is 3. The Kier molecular flexibility index (Phi) is 11.6. The molecule has 2 aliphatic heterocycles. The molecule has 254 valence electrons. The van der Waals surface area contributed by atoms with Crippen LogP contribution in [0.1, 0.15) is 59.5 Å². The van der Waals surface area contributed by atoms with E-state index < -0.39 is 35.0 Å². The van der Waals surface area contributed by atoms with E-state index in [0.717, 1.165) is 11.1 Å². The number of nitrogens with zero attached hydrogens (tertiary/aromatic N) is 2. The summed E-state index contributed by atoms with van der Waals surface area (Å²) in [5.74, 6) is -1.65. The molecule has 0 aliphatic carbocycles. The molecule has 0 aromatic heterocycles. The zero-order chi connectivity index (χ0) is 35.1. The van der Waals surface area contributed by atoms with Crippen LogP contribution in [0.2, 0.25) is 0 Å². The van der Waals surface area contributed by atoms with Crippen LogP contribution in [-0.4, -0.2) is 88.6 Å². The standard InChI is InChI=1S/C17H22N2O5.C16H20N2O5/c1-17(2)10-12-6-5-11(14(20)23-3)9-13(12)19(15(17)21)8-7-18-16(22)24-4;1-16(2)9-11-5-4-10(13(19)20)8-12(11)18(14(16)21)7-6-17-15(22)23-3/h5-6,9H,7-8,10H2,1-4H3,(H,18,22);4-5,8H,6-7,9H2,1-3H3,(H,17,22)(H,19,20).